The lowest BCUT2D eigenvalue weighted by atomic mass is 9.81. The van der Waals surface area contributed by atoms with E-state index < -0.39 is 23.3 Å². The number of carbonyl (C=O) groups excluding carboxylic acids is 1. The first-order valence-electron chi connectivity index (χ1n) is 12.1. The molecule has 1 spiro atoms. The average Bonchev–Trinajstić information content (AvgIpc) is 2.77. The van der Waals surface area contributed by atoms with Crippen molar-refractivity contribution in [1.29, 1.82) is 0 Å². The number of benzene rings is 2. The number of fused-ring (bicyclic) bond motifs is 1. The molecule has 1 aliphatic heterocycles. The zero-order valence-corrected chi connectivity index (χ0v) is 21.0. The molecule has 2 N–H and O–H groups in total. The number of aliphatic carboxylic acids is 1. The number of aryl methyl sites for hydroxylation is 1. The summed E-state index contributed by atoms with van der Waals surface area (Å²) in [6, 6.07) is 8.03. The van der Waals surface area contributed by atoms with Crippen LogP contribution in [0, 0.1) is 20.8 Å². The summed E-state index contributed by atoms with van der Waals surface area (Å²) in [5.74, 6) is -0.574. The van der Waals surface area contributed by atoms with Crippen LogP contribution in [0.15, 0.2) is 24.3 Å². The van der Waals surface area contributed by atoms with E-state index in [1.165, 1.54) is 0 Å². The number of rotatable bonds is 4. The molecule has 6 heteroatoms. The topological polar surface area (TPSA) is 84.9 Å². The lowest BCUT2D eigenvalue weighted by Crippen LogP contribution is -2.52. The van der Waals surface area contributed by atoms with Crippen LogP contribution in [-0.2, 0) is 14.3 Å². The SMILES string of the molecule is Cc1ccc(-c2c(C)c3c(c(C)c2[C@H](OC(C)(C)C)C(=O)O)NC(=O)C2(CCCCC2)O3)cc1. The summed E-state index contributed by atoms with van der Waals surface area (Å²) in [6.07, 6.45) is 3.16. The van der Waals surface area contributed by atoms with Crippen LogP contribution in [0.2, 0.25) is 0 Å². The van der Waals surface area contributed by atoms with Gasteiger partial charge >= 0.3 is 5.97 Å². The normalized spacial score (nSPS) is 18.1. The van der Waals surface area contributed by atoms with Crippen molar-refractivity contribution in [2.24, 2.45) is 0 Å². The lowest BCUT2D eigenvalue weighted by Gasteiger charge is -2.42. The molecule has 0 radical (unpaired) electrons. The second-order valence-electron chi connectivity index (χ2n) is 10.7. The van der Waals surface area contributed by atoms with E-state index in [4.69, 9.17) is 9.47 Å². The number of hydrogen-bond acceptors (Lipinski definition) is 4. The third kappa shape index (κ3) is 4.31. The first-order chi connectivity index (χ1) is 15.9. The fourth-order valence-electron chi connectivity index (χ4n) is 5.20. The van der Waals surface area contributed by atoms with E-state index in [2.05, 4.69) is 5.32 Å². The number of carboxylic acid groups (broad SMARTS) is 1. The molecular weight excluding hydrogens is 430 g/mol. The molecule has 0 bridgehead atoms. The van der Waals surface area contributed by atoms with Gasteiger partial charge in [0.2, 0.25) is 0 Å². The van der Waals surface area contributed by atoms with Gasteiger partial charge in [-0.05, 0) is 83.9 Å². The van der Waals surface area contributed by atoms with Crippen molar-refractivity contribution >= 4 is 17.6 Å². The number of ether oxygens (including phenoxy) is 2. The van der Waals surface area contributed by atoms with Crippen LogP contribution in [0.4, 0.5) is 5.69 Å². The molecule has 2 aliphatic rings. The highest BCUT2D eigenvalue weighted by atomic mass is 16.5. The summed E-state index contributed by atoms with van der Waals surface area (Å²) in [5.41, 5.74) is 3.82. The van der Waals surface area contributed by atoms with Gasteiger partial charge in [-0.1, -0.05) is 36.2 Å². The van der Waals surface area contributed by atoms with Gasteiger partial charge in [0.15, 0.2) is 11.7 Å². The van der Waals surface area contributed by atoms with Crippen molar-refractivity contribution in [3.63, 3.8) is 0 Å². The maximum Gasteiger partial charge on any atom is 0.337 e. The summed E-state index contributed by atoms with van der Waals surface area (Å²) in [6.45, 7) is 11.3. The van der Waals surface area contributed by atoms with Crippen LogP contribution in [0.5, 0.6) is 5.75 Å². The number of hydrogen-bond donors (Lipinski definition) is 2. The standard InChI is InChI=1S/C28H35NO5/c1-16-10-12-19(13-11-16)20-18(3)23-22(29-26(32)28(34-23)14-8-7-9-15-28)17(2)21(20)24(25(30)31)33-27(4,5)6/h10-13,24H,7-9,14-15H2,1-6H3,(H,29,32)(H,30,31)/t24-/m0/s1. The predicted octanol–water partition coefficient (Wildman–Crippen LogP) is 6.25. The second-order valence-corrected chi connectivity index (χ2v) is 10.7. The Hall–Kier alpha value is -2.86. The Kier molecular flexibility index (Phi) is 6.23. The van der Waals surface area contributed by atoms with Crippen LogP contribution in [0.1, 0.15) is 81.2 Å². The van der Waals surface area contributed by atoms with Gasteiger partial charge in [0, 0.05) is 11.1 Å². The number of amides is 1. The monoisotopic (exact) mass is 465 g/mol. The molecule has 1 saturated carbocycles. The van der Waals surface area contributed by atoms with Gasteiger partial charge < -0.3 is 19.9 Å². The Balaban J connectivity index is 1.99. The quantitative estimate of drug-likeness (QED) is 0.557. The number of anilines is 1. The van der Waals surface area contributed by atoms with Crippen LogP contribution in [0.3, 0.4) is 0 Å². The smallest absolute Gasteiger partial charge is 0.337 e. The summed E-state index contributed by atoms with van der Waals surface area (Å²) in [4.78, 5) is 25.8. The van der Waals surface area contributed by atoms with E-state index >= 15 is 0 Å². The van der Waals surface area contributed by atoms with Crippen molar-refractivity contribution < 1.29 is 24.2 Å². The first kappa shape index (κ1) is 24.3. The molecule has 1 heterocycles. The minimum Gasteiger partial charge on any atom is -0.479 e. The van der Waals surface area contributed by atoms with E-state index in [0.29, 0.717) is 35.4 Å². The first-order valence-corrected chi connectivity index (χ1v) is 12.1. The van der Waals surface area contributed by atoms with Gasteiger partial charge in [-0.15, -0.1) is 0 Å². The zero-order valence-electron chi connectivity index (χ0n) is 21.0. The van der Waals surface area contributed by atoms with Gasteiger partial charge in [-0.2, -0.15) is 0 Å². The Morgan fingerprint density at radius 2 is 1.68 bits per heavy atom. The Morgan fingerprint density at radius 3 is 2.24 bits per heavy atom. The second kappa shape index (κ2) is 8.73. The highest BCUT2D eigenvalue weighted by Gasteiger charge is 2.47. The van der Waals surface area contributed by atoms with Crippen LogP contribution < -0.4 is 10.1 Å². The highest BCUT2D eigenvalue weighted by molar-refractivity contribution is 6.03. The van der Waals surface area contributed by atoms with Gasteiger partial charge in [0.1, 0.15) is 5.75 Å². The molecule has 1 atom stereocenters. The average molecular weight is 466 g/mol. The fraction of sp³-hybridized carbons (Fsp3) is 0.500. The van der Waals surface area contributed by atoms with Crippen molar-refractivity contribution in [2.75, 3.05) is 5.32 Å². The molecule has 0 unspecified atom stereocenters. The highest BCUT2D eigenvalue weighted by Crippen LogP contribution is 2.50. The van der Waals surface area contributed by atoms with Gasteiger partial charge in [-0.25, -0.2) is 4.79 Å². The number of nitrogens with one attached hydrogen (secondary N) is 1. The molecule has 4 rings (SSSR count). The fourth-order valence-corrected chi connectivity index (χ4v) is 5.20. The summed E-state index contributed by atoms with van der Waals surface area (Å²) in [5, 5.41) is 13.3. The molecule has 2 aromatic rings. The van der Waals surface area contributed by atoms with Crippen LogP contribution in [0.25, 0.3) is 11.1 Å². The van der Waals surface area contributed by atoms with E-state index in [0.717, 1.165) is 41.5 Å². The van der Waals surface area contributed by atoms with Gasteiger partial charge in [0.05, 0.1) is 11.3 Å². The van der Waals surface area contributed by atoms with E-state index in [-0.39, 0.29) is 5.91 Å². The minimum absolute atomic E-state index is 0.139. The predicted molar refractivity (Wildman–Crippen MR) is 132 cm³/mol. The molecule has 2 aromatic carbocycles. The van der Waals surface area contributed by atoms with E-state index in [9.17, 15) is 14.7 Å². The Morgan fingerprint density at radius 1 is 1.06 bits per heavy atom. The van der Waals surface area contributed by atoms with Gasteiger partial charge in [-0.3, -0.25) is 4.79 Å². The zero-order chi connectivity index (χ0) is 24.8. The number of carbonyl (C=O) groups is 2. The Labute approximate surface area is 201 Å². The maximum absolute atomic E-state index is 13.2. The van der Waals surface area contributed by atoms with E-state index in [1.807, 2.05) is 65.8 Å². The third-order valence-corrected chi connectivity index (χ3v) is 6.90. The molecule has 182 valence electrons. The molecule has 1 amide bonds. The van der Waals surface area contributed by atoms with Crippen LogP contribution >= 0.6 is 0 Å². The molecule has 34 heavy (non-hydrogen) atoms. The number of carboxylic acids is 1. The molecular formula is C28H35NO5. The van der Waals surface area contributed by atoms with Crippen molar-refractivity contribution in [1.82, 2.24) is 0 Å². The summed E-state index contributed by atoms with van der Waals surface area (Å²) >= 11 is 0. The van der Waals surface area contributed by atoms with Crippen LogP contribution in [-0.4, -0.2) is 28.2 Å². The van der Waals surface area contributed by atoms with Crippen molar-refractivity contribution in [3.05, 3.63) is 46.5 Å². The summed E-state index contributed by atoms with van der Waals surface area (Å²) in [7, 11) is 0. The molecule has 1 fully saturated rings. The maximum atomic E-state index is 13.2. The molecule has 0 saturated heterocycles. The largest absolute Gasteiger partial charge is 0.479 e. The van der Waals surface area contributed by atoms with Gasteiger partial charge in [0.25, 0.3) is 5.91 Å². The lowest BCUT2D eigenvalue weighted by molar-refractivity contribution is -0.160. The molecule has 6 nitrogen and oxygen atoms in total. The van der Waals surface area contributed by atoms with Crippen molar-refractivity contribution in [3.8, 4) is 16.9 Å². The summed E-state index contributed by atoms with van der Waals surface area (Å²) < 4.78 is 12.6. The molecule has 0 aromatic heterocycles. The van der Waals surface area contributed by atoms with E-state index in [1.54, 1.807) is 0 Å². The third-order valence-electron chi connectivity index (χ3n) is 6.90. The molecule has 1 aliphatic carbocycles. The Bertz CT molecular complexity index is 1120. The van der Waals surface area contributed by atoms with Crippen molar-refractivity contribution in [2.45, 2.75) is 91.0 Å². The minimum atomic E-state index is -1.21.